The Morgan fingerprint density at radius 3 is 2.52 bits per heavy atom. The third-order valence-electron chi connectivity index (χ3n) is 9.56. The van der Waals surface area contributed by atoms with Crippen molar-refractivity contribution in [2.75, 3.05) is 19.6 Å². The van der Waals surface area contributed by atoms with E-state index in [1.54, 1.807) is 0 Å². The minimum atomic E-state index is -2.57. The van der Waals surface area contributed by atoms with Crippen LogP contribution in [0.15, 0.2) is 35.5 Å². The summed E-state index contributed by atoms with van der Waals surface area (Å²) in [7, 11) is 0. The van der Waals surface area contributed by atoms with Crippen LogP contribution < -0.4 is 0 Å². The Kier molecular flexibility index (Phi) is 7.25. The number of rotatable bonds is 5. The van der Waals surface area contributed by atoms with Crippen LogP contribution in [-0.4, -0.2) is 52.9 Å². The summed E-state index contributed by atoms with van der Waals surface area (Å²) in [5, 5.41) is 20.3. The normalized spacial score (nSPS) is 40.3. The summed E-state index contributed by atoms with van der Waals surface area (Å²) in [4.78, 5) is 2.28. The quantitative estimate of drug-likeness (QED) is 0.511. The van der Waals surface area contributed by atoms with E-state index in [2.05, 4.69) is 37.5 Å². The molecule has 4 aliphatic rings. The molecule has 3 aliphatic carbocycles. The maximum Gasteiger partial charge on any atom is 0.249 e. The first-order valence-corrected chi connectivity index (χ1v) is 13.0. The van der Waals surface area contributed by atoms with E-state index in [1.807, 2.05) is 0 Å². The molecular weight excluding hydrogens is 420 g/mol. The highest BCUT2D eigenvalue weighted by Crippen LogP contribution is 2.59. The summed E-state index contributed by atoms with van der Waals surface area (Å²) in [6.07, 6.45) is 10.9. The van der Waals surface area contributed by atoms with Crippen molar-refractivity contribution in [3.8, 4) is 0 Å². The van der Waals surface area contributed by atoms with Crippen LogP contribution in [0.1, 0.15) is 72.1 Å². The van der Waals surface area contributed by atoms with Crippen molar-refractivity contribution in [3.63, 3.8) is 0 Å². The number of alkyl halides is 2. The van der Waals surface area contributed by atoms with Crippen LogP contribution in [0.25, 0.3) is 0 Å². The van der Waals surface area contributed by atoms with Gasteiger partial charge in [-0.05, 0) is 93.6 Å². The largest absolute Gasteiger partial charge is 0.388 e. The molecule has 0 spiro atoms. The lowest BCUT2D eigenvalue weighted by Crippen LogP contribution is -2.40. The molecule has 1 saturated heterocycles. The Morgan fingerprint density at radius 2 is 1.88 bits per heavy atom. The maximum absolute atomic E-state index is 13.8. The van der Waals surface area contributed by atoms with Crippen molar-refractivity contribution < 1.29 is 19.0 Å². The van der Waals surface area contributed by atoms with E-state index in [0.29, 0.717) is 49.1 Å². The molecular formula is C28H43F2NO2. The highest BCUT2D eigenvalue weighted by molar-refractivity contribution is 5.29. The van der Waals surface area contributed by atoms with Crippen LogP contribution in [0.2, 0.25) is 0 Å². The van der Waals surface area contributed by atoms with Gasteiger partial charge in [-0.1, -0.05) is 43.7 Å². The van der Waals surface area contributed by atoms with Crippen molar-refractivity contribution in [2.45, 2.75) is 90.3 Å². The molecule has 4 rings (SSSR count). The van der Waals surface area contributed by atoms with E-state index in [1.165, 1.54) is 31.3 Å². The van der Waals surface area contributed by atoms with Gasteiger partial charge >= 0.3 is 0 Å². The fourth-order valence-corrected chi connectivity index (χ4v) is 7.59. The predicted molar refractivity (Wildman–Crippen MR) is 129 cm³/mol. The molecule has 2 N–H and O–H groups in total. The first-order valence-electron chi connectivity index (χ1n) is 13.0. The van der Waals surface area contributed by atoms with Gasteiger partial charge in [0.25, 0.3) is 0 Å². The van der Waals surface area contributed by atoms with Gasteiger partial charge in [0.2, 0.25) is 5.92 Å². The molecule has 3 nitrogen and oxygen atoms in total. The molecule has 5 heteroatoms. The average molecular weight is 464 g/mol. The second kappa shape index (κ2) is 9.54. The third-order valence-corrected chi connectivity index (χ3v) is 9.56. The summed E-state index contributed by atoms with van der Waals surface area (Å²) in [5.74, 6) is -1.35. The molecule has 3 saturated carbocycles. The fourth-order valence-electron chi connectivity index (χ4n) is 7.59. The van der Waals surface area contributed by atoms with Crippen LogP contribution in [0.5, 0.6) is 0 Å². The Hall–Kier alpha value is -1.04. The van der Waals surface area contributed by atoms with Gasteiger partial charge in [-0.3, -0.25) is 0 Å². The second-order valence-electron chi connectivity index (χ2n) is 11.9. The van der Waals surface area contributed by atoms with Crippen LogP contribution in [-0.2, 0) is 0 Å². The topological polar surface area (TPSA) is 43.7 Å². The number of nitrogens with zero attached hydrogens (tertiary/aromatic N) is 1. The van der Waals surface area contributed by atoms with E-state index in [-0.39, 0.29) is 5.41 Å². The number of aliphatic hydroxyl groups excluding tert-OH is 2. The second-order valence-corrected chi connectivity index (χ2v) is 11.9. The molecule has 1 heterocycles. The van der Waals surface area contributed by atoms with E-state index < -0.39 is 24.0 Å². The van der Waals surface area contributed by atoms with Crippen molar-refractivity contribution in [2.24, 2.45) is 29.1 Å². The Balaban J connectivity index is 1.42. The molecule has 0 radical (unpaired) electrons. The molecule has 0 aromatic rings. The number of hydrogen-bond acceptors (Lipinski definition) is 3. The number of fused-ring (bicyclic) bond motifs is 1. The molecule has 0 aromatic heterocycles. The van der Waals surface area contributed by atoms with Gasteiger partial charge in [0.15, 0.2) is 0 Å². The van der Waals surface area contributed by atoms with Crippen molar-refractivity contribution >= 4 is 0 Å². The molecule has 33 heavy (non-hydrogen) atoms. The number of halogens is 2. The first-order chi connectivity index (χ1) is 15.5. The van der Waals surface area contributed by atoms with Crippen LogP contribution >= 0.6 is 0 Å². The van der Waals surface area contributed by atoms with E-state index in [9.17, 15) is 19.0 Å². The molecule has 0 amide bonds. The number of allylic oxidation sites excluding steroid dienone is 3. The van der Waals surface area contributed by atoms with E-state index >= 15 is 0 Å². The standard InChI is InChI=1S/C28H43F2NO2/c1-18(16-31-13-11-22(17-31)28(4,29)30)23-9-10-24-21(6-5-12-27(23,24)3)8-7-20-14-25(32)19(2)26(33)15-20/h7-8,18,22-26,32-33H,2,5-6,9-17H2,1,3-4H3/b21-8+/t18-,22-,23-,24+,25-,26-,27-/m1/s1. The maximum atomic E-state index is 13.8. The number of aliphatic hydroxyl groups is 2. The third kappa shape index (κ3) is 5.16. The van der Waals surface area contributed by atoms with Crippen molar-refractivity contribution in [3.05, 3.63) is 35.5 Å². The molecule has 0 aromatic carbocycles. The van der Waals surface area contributed by atoms with E-state index in [4.69, 9.17) is 0 Å². The summed E-state index contributed by atoms with van der Waals surface area (Å²) < 4.78 is 27.5. The van der Waals surface area contributed by atoms with Crippen LogP contribution in [0.3, 0.4) is 0 Å². The Labute approximate surface area is 198 Å². The molecule has 0 unspecified atom stereocenters. The molecule has 7 atom stereocenters. The highest BCUT2D eigenvalue weighted by Gasteiger charge is 2.51. The van der Waals surface area contributed by atoms with Crippen LogP contribution in [0, 0.1) is 29.1 Å². The zero-order valence-corrected chi connectivity index (χ0v) is 20.7. The minimum Gasteiger partial charge on any atom is -0.388 e. The van der Waals surface area contributed by atoms with Gasteiger partial charge in [-0.25, -0.2) is 8.78 Å². The Bertz CT molecular complexity index is 784. The number of hydrogen-bond donors (Lipinski definition) is 2. The average Bonchev–Trinajstić information content (AvgIpc) is 3.34. The van der Waals surface area contributed by atoms with Gasteiger partial charge in [-0.2, -0.15) is 0 Å². The summed E-state index contributed by atoms with van der Waals surface area (Å²) >= 11 is 0. The molecule has 0 bridgehead atoms. The first kappa shape index (κ1) is 25.1. The van der Waals surface area contributed by atoms with Gasteiger partial charge < -0.3 is 15.1 Å². The fraction of sp³-hybridized carbons (Fsp3) is 0.786. The van der Waals surface area contributed by atoms with Crippen LogP contribution in [0.4, 0.5) is 8.78 Å². The lowest BCUT2D eigenvalue weighted by molar-refractivity contribution is -0.0360. The van der Waals surface area contributed by atoms with Crippen molar-refractivity contribution in [1.29, 1.82) is 0 Å². The van der Waals surface area contributed by atoms with Gasteiger partial charge in [0, 0.05) is 19.0 Å². The van der Waals surface area contributed by atoms with Gasteiger partial charge in [0.05, 0.1) is 12.2 Å². The SMILES string of the molecule is C=C1[C@H](O)CC(=C/C=C2\CCC[C@]3(C)[C@@H]([C@H](C)CN4CC[C@@H](C(C)(F)F)C4)CC[C@@H]23)C[C@H]1O. The monoisotopic (exact) mass is 463 g/mol. The summed E-state index contributed by atoms with van der Waals surface area (Å²) in [5.41, 5.74) is 3.42. The summed E-state index contributed by atoms with van der Waals surface area (Å²) in [6, 6.07) is 0. The van der Waals surface area contributed by atoms with Crippen molar-refractivity contribution in [1.82, 2.24) is 4.90 Å². The zero-order valence-electron chi connectivity index (χ0n) is 20.7. The van der Waals surface area contributed by atoms with Gasteiger partial charge in [0.1, 0.15) is 0 Å². The Morgan fingerprint density at radius 1 is 1.18 bits per heavy atom. The highest BCUT2D eigenvalue weighted by atomic mass is 19.3. The molecule has 4 fully saturated rings. The minimum absolute atomic E-state index is 0.274. The lowest BCUT2D eigenvalue weighted by atomic mass is 9.61. The van der Waals surface area contributed by atoms with Gasteiger partial charge in [-0.15, -0.1) is 0 Å². The predicted octanol–water partition coefficient (Wildman–Crippen LogP) is 5.74. The zero-order chi connectivity index (χ0) is 24.0. The summed E-state index contributed by atoms with van der Waals surface area (Å²) in [6.45, 7) is 12.0. The van der Waals surface area contributed by atoms with E-state index in [0.717, 1.165) is 32.0 Å². The number of likely N-dealkylation sites (tertiary alicyclic amines) is 1. The smallest absolute Gasteiger partial charge is 0.249 e. The molecule has 186 valence electrons. The lowest BCUT2D eigenvalue weighted by Gasteiger charge is -2.45. The molecule has 1 aliphatic heterocycles.